The fraction of sp³-hybridized carbons (Fsp3) is 0.0488. The molecule has 3 heteroatoms. The highest BCUT2D eigenvalue weighted by molar-refractivity contribution is 7.00. The van der Waals surface area contributed by atoms with E-state index < -0.39 is 0 Å². The summed E-state index contributed by atoms with van der Waals surface area (Å²) in [5.41, 5.74) is 30.4. The van der Waals surface area contributed by atoms with Crippen LogP contribution in [0.25, 0.3) is 89.0 Å². The van der Waals surface area contributed by atoms with Gasteiger partial charge in [0.25, 0.3) is 6.71 Å². The highest BCUT2D eigenvalue weighted by atomic mass is 15.2. The van der Waals surface area contributed by atoms with Crippen molar-refractivity contribution in [1.29, 1.82) is 0 Å². The zero-order chi connectivity index (χ0) is 57.0. The minimum atomic E-state index is -0.267. The monoisotopic (exact) mass is 1080 g/mol. The molecule has 85 heavy (non-hydrogen) atoms. The molecular formula is C82H61BN2. The van der Waals surface area contributed by atoms with Crippen LogP contribution in [0.5, 0.6) is 0 Å². The molecular weight excluding hydrogens is 1020 g/mol. The lowest BCUT2D eigenvalue weighted by Crippen LogP contribution is -2.61. The van der Waals surface area contributed by atoms with Gasteiger partial charge in [-0.1, -0.05) is 312 Å². The van der Waals surface area contributed by atoms with Crippen LogP contribution in [0.4, 0.5) is 34.1 Å². The van der Waals surface area contributed by atoms with Crippen molar-refractivity contribution in [2.75, 3.05) is 9.80 Å². The Morgan fingerprint density at radius 3 is 0.776 bits per heavy atom. The van der Waals surface area contributed by atoms with Gasteiger partial charge in [0, 0.05) is 45.0 Å². The molecule has 0 bridgehead atoms. The van der Waals surface area contributed by atoms with E-state index in [4.69, 9.17) is 0 Å². The summed E-state index contributed by atoms with van der Waals surface area (Å²) >= 11 is 0. The molecule has 2 aliphatic heterocycles. The summed E-state index contributed by atoms with van der Waals surface area (Å²) < 4.78 is 0. The van der Waals surface area contributed by atoms with E-state index in [0.29, 0.717) is 0 Å². The molecule has 0 saturated heterocycles. The summed E-state index contributed by atoms with van der Waals surface area (Å²) in [6, 6.07) is 117. The molecule has 0 atom stereocenters. The molecule has 0 unspecified atom stereocenters. The second kappa shape index (κ2) is 21.4. The Labute approximate surface area is 500 Å². The zero-order valence-electron chi connectivity index (χ0n) is 48.0. The Hall–Kier alpha value is -10.5. The first-order chi connectivity index (χ1) is 41.9. The van der Waals surface area contributed by atoms with Crippen LogP contribution in [0.1, 0.15) is 26.3 Å². The third kappa shape index (κ3) is 8.90. The van der Waals surface area contributed by atoms with Crippen LogP contribution < -0.4 is 26.2 Å². The van der Waals surface area contributed by atoms with Gasteiger partial charge in [-0.2, -0.15) is 0 Å². The van der Waals surface area contributed by atoms with E-state index in [2.05, 4.69) is 346 Å². The highest BCUT2D eigenvalue weighted by Gasteiger charge is 2.45. The fourth-order valence-corrected chi connectivity index (χ4v) is 13.6. The van der Waals surface area contributed by atoms with Crippen LogP contribution in [0, 0.1) is 0 Å². The molecule has 2 aliphatic rings. The number of rotatable bonds is 10. The Bertz CT molecular complexity index is 4150. The molecule has 0 fully saturated rings. The van der Waals surface area contributed by atoms with Crippen LogP contribution in [0.2, 0.25) is 0 Å². The van der Waals surface area contributed by atoms with Crippen molar-refractivity contribution in [2.45, 2.75) is 26.2 Å². The van der Waals surface area contributed by atoms with Crippen molar-refractivity contribution in [3.63, 3.8) is 0 Å². The zero-order valence-corrected chi connectivity index (χ0v) is 48.0. The molecule has 13 aromatic rings. The van der Waals surface area contributed by atoms with Gasteiger partial charge >= 0.3 is 0 Å². The molecule has 0 saturated carbocycles. The molecule has 2 nitrogen and oxygen atoms in total. The molecule has 15 rings (SSSR count). The first-order valence-corrected chi connectivity index (χ1v) is 29.7. The quantitative estimate of drug-likeness (QED) is 0.126. The van der Waals surface area contributed by atoms with Crippen molar-refractivity contribution in [1.82, 2.24) is 0 Å². The minimum Gasteiger partial charge on any atom is -0.310 e. The van der Waals surface area contributed by atoms with Gasteiger partial charge in [-0.25, -0.2) is 0 Å². The number of hydrogen-bond donors (Lipinski definition) is 0. The summed E-state index contributed by atoms with van der Waals surface area (Å²) in [5, 5.41) is 0. The van der Waals surface area contributed by atoms with Crippen LogP contribution in [0.3, 0.4) is 0 Å². The third-order valence-corrected chi connectivity index (χ3v) is 17.5. The van der Waals surface area contributed by atoms with Crippen LogP contribution in [0.15, 0.2) is 315 Å². The van der Waals surface area contributed by atoms with E-state index >= 15 is 0 Å². The molecule has 0 aromatic heterocycles. The van der Waals surface area contributed by atoms with E-state index in [9.17, 15) is 0 Å². The lowest BCUT2D eigenvalue weighted by atomic mass is 9.33. The van der Waals surface area contributed by atoms with E-state index in [-0.39, 0.29) is 12.1 Å². The summed E-state index contributed by atoms with van der Waals surface area (Å²) in [4.78, 5) is 5.34. The number of benzene rings is 13. The maximum Gasteiger partial charge on any atom is 0.252 e. The second-order valence-electron chi connectivity index (χ2n) is 23.4. The van der Waals surface area contributed by atoms with Crippen LogP contribution >= 0.6 is 0 Å². The van der Waals surface area contributed by atoms with E-state index in [0.717, 1.165) is 45.0 Å². The van der Waals surface area contributed by atoms with Crippen molar-refractivity contribution in [2.24, 2.45) is 0 Å². The summed E-state index contributed by atoms with van der Waals surface area (Å²) in [6.07, 6.45) is 0. The van der Waals surface area contributed by atoms with Crippen molar-refractivity contribution >= 4 is 57.2 Å². The molecule has 0 spiro atoms. The summed E-state index contributed by atoms with van der Waals surface area (Å²) in [7, 11) is 0. The van der Waals surface area contributed by atoms with Crippen molar-refractivity contribution in [3.8, 4) is 89.0 Å². The van der Waals surface area contributed by atoms with Gasteiger partial charge in [-0.15, -0.1) is 0 Å². The van der Waals surface area contributed by atoms with Gasteiger partial charge in [-0.3, -0.25) is 0 Å². The topological polar surface area (TPSA) is 6.48 Å². The van der Waals surface area contributed by atoms with Gasteiger partial charge in [0.15, 0.2) is 0 Å². The van der Waals surface area contributed by atoms with E-state index in [1.54, 1.807) is 0 Å². The predicted octanol–water partition coefficient (Wildman–Crippen LogP) is 20.4. The molecule has 0 amide bonds. The summed E-state index contributed by atoms with van der Waals surface area (Å²) in [6.45, 7) is 7.01. The van der Waals surface area contributed by atoms with Gasteiger partial charge in [0.05, 0.1) is 11.4 Å². The third-order valence-electron chi connectivity index (χ3n) is 17.5. The lowest BCUT2D eigenvalue weighted by molar-refractivity contribution is 0.590. The number of anilines is 6. The minimum absolute atomic E-state index is 0.105. The first kappa shape index (κ1) is 51.4. The molecule has 0 N–H and O–H groups in total. The van der Waals surface area contributed by atoms with Crippen molar-refractivity contribution in [3.05, 3.63) is 321 Å². The second-order valence-corrected chi connectivity index (χ2v) is 23.4. The summed E-state index contributed by atoms with van der Waals surface area (Å²) in [5.74, 6) is 0. The Balaban J connectivity index is 1.09. The molecule has 13 aromatic carbocycles. The van der Waals surface area contributed by atoms with Gasteiger partial charge < -0.3 is 9.80 Å². The van der Waals surface area contributed by atoms with Crippen LogP contribution in [-0.4, -0.2) is 6.71 Å². The maximum absolute atomic E-state index is 2.67. The predicted molar refractivity (Wildman–Crippen MR) is 363 cm³/mol. The lowest BCUT2D eigenvalue weighted by Gasteiger charge is -2.46. The van der Waals surface area contributed by atoms with Gasteiger partial charge in [-0.05, 0) is 118 Å². The first-order valence-electron chi connectivity index (χ1n) is 29.7. The van der Waals surface area contributed by atoms with Gasteiger partial charge in [0.1, 0.15) is 0 Å². The fourth-order valence-electron chi connectivity index (χ4n) is 13.6. The molecule has 2 heterocycles. The molecule has 0 aliphatic carbocycles. The number of hydrogen-bond acceptors (Lipinski definition) is 2. The molecule has 402 valence electrons. The molecule has 0 radical (unpaired) electrons. The Morgan fingerprint density at radius 1 is 0.235 bits per heavy atom. The van der Waals surface area contributed by atoms with E-state index in [1.807, 2.05) is 0 Å². The Kier molecular flexibility index (Phi) is 12.9. The maximum atomic E-state index is 2.67. The standard InChI is InChI=1S/C82H61BN2/c1-82(2,3)60-54-77-79-78(55-60)85(81-71(67-44-22-18-40-63(67)58-34-12-6-13-35-58)48-29-49-72(81)68-45-23-19-41-64(68)59-36-14-7-15-37-59)76-53-27-25-51-74(76)83(79)73-50-24-26-52-75(73)84(77)80-69(65-42-20-16-38-61(65)56-30-8-4-9-31-56)46-28-47-70(80)66-43-21-17-39-62(66)57-32-10-5-11-33-57/h4-55H,1-3H3. The number of para-hydroxylation sites is 4. The van der Waals surface area contributed by atoms with Crippen LogP contribution in [-0.2, 0) is 5.41 Å². The van der Waals surface area contributed by atoms with Crippen molar-refractivity contribution < 1.29 is 0 Å². The highest BCUT2D eigenvalue weighted by Crippen LogP contribution is 2.55. The van der Waals surface area contributed by atoms with E-state index in [1.165, 1.54) is 100 Å². The number of nitrogens with zero attached hydrogens (tertiary/aromatic N) is 2. The average molecular weight is 1090 g/mol. The normalized spacial score (nSPS) is 12.3. The average Bonchev–Trinajstić information content (AvgIpc) is 1.70. The number of fused-ring (bicyclic) bond motifs is 4. The largest absolute Gasteiger partial charge is 0.310 e. The SMILES string of the molecule is CC(C)(C)c1cc2c3c(c1)N(c1c(-c4ccccc4-c4ccccc4)cccc1-c1ccccc1-c1ccccc1)c1ccccc1B3c1ccccc1N2c1c(-c2ccccc2-c2ccccc2)cccc1-c1ccccc1-c1ccccc1. The smallest absolute Gasteiger partial charge is 0.252 e. The Morgan fingerprint density at radius 2 is 0.482 bits per heavy atom. The van der Waals surface area contributed by atoms with Gasteiger partial charge in [0.2, 0.25) is 0 Å².